The van der Waals surface area contributed by atoms with Crippen molar-refractivity contribution in [3.8, 4) is 0 Å². The van der Waals surface area contributed by atoms with Gasteiger partial charge in [-0.15, -0.1) is 0 Å². The van der Waals surface area contributed by atoms with Gasteiger partial charge in [0.15, 0.2) is 0 Å². The van der Waals surface area contributed by atoms with Crippen molar-refractivity contribution in [2.75, 3.05) is 19.9 Å². The number of ether oxygens (including phenoxy) is 1. The molecule has 0 saturated heterocycles. The quantitative estimate of drug-likeness (QED) is 0.387. The van der Waals surface area contributed by atoms with Crippen molar-refractivity contribution in [1.82, 2.24) is 9.62 Å². The van der Waals surface area contributed by atoms with Gasteiger partial charge < -0.3 is 4.74 Å². The van der Waals surface area contributed by atoms with Crippen LogP contribution in [0.5, 0.6) is 0 Å². The summed E-state index contributed by atoms with van der Waals surface area (Å²) < 4.78 is 5.87. The summed E-state index contributed by atoms with van der Waals surface area (Å²) in [7, 11) is 2.96. The number of urea groups is 1. The van der Waals surface area contributed by atoms with E-state index in [0.717, 1.165) is 5.75 Å². The predicted octanol–water partition coefficient (Wildman–Crippen LogP) is 0.877. The van der Waals surface area contributed by atoms with Crippen LogP contribution in [-0.4, -0.2) is 36.3 Å². The Morgan fingerprint density at radius 3 is 2.75 bits per heavy atom. The van der Waals surface area contributed by atoms with Gasteiger partial charge in [0.25, 0.3) is 6.02 Å². The summed E-state index contributed by atoms with van der Waals surface area (Å²) in [6.07, 6.45) is 0. The first kappa shape index (κ1) is 11.1. The summed E-state index contributed by atoms with van der Waals surface area (Å²) >= 11 is 1.36. The molecule has 0 radical (unpaired) electrons. The molecule has 0 unspecified atom stereocenters. The maximum Gasteiger partial charge on any atom is 0.335 e. The van der Waals surface area contributed by atoms with Crippen LogP contribution in [-0.2, 0) is 4.74 Å². The fourth-order valence-corrected chi connectivity index (χ4v) is 1.03. The second-order valence-electron chi connectivity index (χ2n) is 1.88. The summed E-state index contributed by atoms with van der Waals surface area (Å²) in [5.74, 6) is 0.810. The average Bonchev–Trinajstić information content (AvgIpc) is 2.04. The van der Waals surface area contributed by atoms with Gasteiger partial charge in [0, 0.05) is 12.8 Å². The number of carbonyl (C=O) groups excluding carboxylic acids is 1. The molecule has 6 heteroatoms. The highest BCUT2D eigenvalue weighted by atomic mass is 32.2. The molecule has 0 aromatic heterocycles. The predicted molar refractivity (Wildman–Crippen MR) is 49.2 cm³/mol. The van der Waals surface area contributed by atoms with Crippen molar-refractivity contribution in [3.05, 3.63) is 0 Å². The van der Waals surface area contributed by atoms with E-state index in [4.69, 9.17) is 5.41 Å². The van der Waals surface area contributed by atoms with Crippen molar-refractivity contribution in [1.29, 1.82) is 5.41 Å². The molecule has 0 fully saturated rings. The van der Waals surface area contributed by atoms with E-state index < -0.39 is 0 Å². The Hall–Kier alpha value is -0.910. The van der Waals surface area contributed by atoms with Crippen LogP contribution in [0.15, 0.2) is 0 Å². The molecule has 5 nitrogen and oxygen atoms in total. The first-order valence-electron chi connectivity index (χ1n) is 3.42. The van der Waals surface area contributed by atoms with Crippen LogP contribution in [0, 0.1) is 5.41 Å². The number of rotatable bonds is 2. The van der Waals surface area contributed by atoms with Crippen LogP contribution in [0.2, 0.25) is 0 Å². The summed E-state index contributed by atoms with van der Waals surface area (Å²) in [6, 6.07) is -0.600. The second-order valence-corrected chi connectivity index (χ2v) is 3.26. The molecule has 0 aliphatic carbocycles. The number of hydrogen-bond acceptors (Lipinski definition) is 4. The Bertz CT molecular complexity index is 174. The standard InChI is InChI=1S/C6H13N3O2S/c1-4-12-9(2)6(10)8-5(7)11-3/h4H2,1-3H3,(H2,7,8,10). The molecule has 0 aromatic carbocycles. The third-order valence-corrected chi connectivity index (χ3v) is 1.84. The van der Waals surface area contributed by atoms with Crippen molar-refractivity contribution in [2.45, 2.75) is 6.92 Å². The molecule has 2 amide bonds. The number of nitrogens with one attached hydrogen (secondary N) is 2. The molecule has 70 valence electrons. The minimum absolute atomic E-state index is 0.247. The van der Waals surface area contributed by atoms with Crippen molar-refractivity contribution in [3.63, 3.8) is 0 Å². The molecule has 0 saturated carbocycles. The summed E-state index contributed by atoms with van der Waals surface area (Å²) in [6.45, 7) is 1.94. The molecular weight excluding hydrogens is 178 g/mol. The van der Waals surface area contributed by atoms with E-state index in [0.29, 0.717) is 0 Å². The lowest BCUT2D eigenvalue weighted by atomic mass is 10.9. The topological polar surface area (TPSA) is 65.4 Å². The van der Waals surface area contributed by atoms with Crippen molar-refractivity contribution in [2.24, 2.45) is 0 Å². The molecule has 0 bridgehead atoms. The van der Waals surface area contributed by atoms with Crippen LogP contribution in [0.1, 0.15) is 6.92 Å². The monoisotopic (exact) mass is 191 g/mol. The third kappa shape index (κ3) is 4.07. The molecule has 0 aliphatic rings. The van der Waals surface area contributed by atoms with Crippen LogP contribution in [0.4, 0.5) is 4.79 Å². The Balaban J connectivity index is 3.78. The number of carbonyl (C=O) groups is 1. The van der Waals surface area contributed by atoms with Gasteiger partial charge in [-0.1, -0.05) is 6.92 Å². The van der Waals surface area contributed by atoms with Gasteiger partial charge in [0.05, 0.1) is 7.11 Å². The molecule has 0 rings (SSSR count). The molecule has 2 N–H and O–H groups in total. The van der Waals surface area contributed by atoms with E-state index in [2.05, 4.69) is 10.1 Å². The van der Waals surface area contributed by atoms with Crippen LogP contribution < -0.4 is 5.32 Å². The molecule has 0 heterocycles. The molecule has 0 atom stereocenters. The smallest absolute Gasteiger partial charge is 0.335 e. The number of amidine groups is 1. The lowest BCUT2D eigenvalue weighted by molar-refractivity contribution is 0.232. The average molecular weight is 191 g/mol. The fraction of sp³-hybridized carbons (Fsp3) is 0.667. The van der Waals surface area contributed by atoms with Gasteiger partial charge in [-0.2, -0.15) is 0 Å². The van der Waals surface area contributed by atoms with Crippen molar-refractivity contribution >= 4 is 24.0 Å². The molecule has 0 spiro atoms. The largest absolute Gasteiger partial charge is 0.468 e. The number of nitrogens with zero attached hydrogens (tertiary/aromatic N) is 1. The lowest BCUT2D eigenvalue weighted by Crippen LogP contribution is -2.37. The SMILES string of the molecule is CCSN(C)C(=O)NC(=N)OC. The number of hydrogen-bond donors (Lipinski definition) is 2. The maximum absolute atomic E-state index is 11.1. The lowest BCUT2D eigenvalue weighted by Gasteiger charge is -2.14. The van der Waals surface area contributed by atoms with E-state index in [1.165, 1.54) is 23.4 Å². The van der Waals surface area contributed by atoms with Gasteiger partial charge in [0.2, 0.25) is 0 Å². The Kier molecular flexibility index (Phi) is 5.27. The summed E-state index contributed by atoms with van der Waals surface area (Å²) in [4.78, 5) is 11.1. The zero-order valence-electron chi connectivity index (χ0n) is 7.38. The molecule has 0 aromatic rings. The first-order valence-corrected chi connectivity index (χ1v) is 4.36. The zero-order chi connectivity index (χ0) is 9.56. The van der Waals surface area contributed by atoms with Crippen LogP contribution in [0.3, 0.4) is 0 Å². The van der Waals surface area contributed by atoms with Crippen LogP contribution in [0.25, 0.3) is 0 Å². The summed E-state index contributed by atoms with van der Waals surface area (Å²) in [5, 5.41) is 9.24. The normalized spacial score (nSPS) is 8.92. The van der Waals surface area contributed by atoms with Gasteiger partial charge in [-0.3, -0.25) is 15.0 Å². The van der Waals surface area contributed by atoms with Crippen molar-refractivity contribution < 1.29 is 9.53 Å². The van der Waals surface area contributed by atoms with E-state index in [1.807, 2.05) is 6.92 Å². The minimum Gasteiger partial charge on any atom is -0.468 e. The molecule has 12 heavy (non-hydrogen) atoms. The maximum atomic E-state index is 11.1. The van der Waals surface area contributed by atoms with E-state index in [-0.39, 0.29) is 12.1 Å². The fourth-order valence-electron chi connectivity index (χ4n) is 0.479. The Morgan fingerprint density at radius 1 is 1.75 bits per heavy atom. The first-order chi connectivity index (χ1) is 5.61. The van der Waals surface area contributed by atoms with Gasteiger partial charge >= 0.3 is 6.03 Å². The molecule has 0 aliphatic heterocycles. The van der Waals surface area contributed by atoms with Gasteiger partial charge in [-0.05, 0) is 11.9 Å². The Labute approximate surface area is 76.1 Å². The van der Waals surface area contributed by atoms with Crippen LogP contribution >= 0.6 is 11.9 Å². The Morgan fingerprint density at radius 2 is 2.33 bits per heavy atom. The minimum atomic E-state index is -0.353. The van der Waals surface area contributed by atoms with E-state index >= 15 is 0 Å². The van der Waals surface area contributed by atoms with E-state index in [9.17, 15) is 4.79 Å². The number of methoxy groups -OCH3 is 1. The second kappa shape index (κ2) is 5.70. The third-order valence-electron chi connectivity index (χ3n) is 1.03. The number of amides is 2. The highest BCUT2D eigenvalue weighted by Gasteiger charge is 2.09. The van der Waals surface area contributed by atoms with Gasteiger partial charge in [-0.25, -0.2) is 4.79 Å². The zero-order valence-corrected chi connectivity index (χ0v) is 8.20. The highest BCUT2D eigenvalue weighted by Crippen LogP contribution is 2.04. The molecular formula is C6H13N3O2S. The summed E-state index contributed by atoms with van der Waals surface area (Å²) in [5.41, 5.74) is 0. The van der Waals surface area contributed by atoms with Gasteiger partial charge in [0.1, 0.15) is 0 Å². The van der Waals surface area contributed by atoms with E-state index in [1.54, 1.807) is 7.05 Å². The highest BCUT2D eigenvalue weighted by molar-refractivity contribution is 7.97.